The average Bonchev–Trinajstić information content (AvgIpc) is 2.47. The second-order valence-electron chi connectivity index (χ2n) is 8.40. The van der Waals surface area contributed by atoms with E-state index in [0.29, 0.717) is 12.8 Å². The minimum Gasteiger partial charge on any atom is -0.444 e. The van der Waals surface area contributed by atoms with Gasteiger partial charge in [-0.2, -0.15) is 13.2 Å². The van der Waals surface area contributed by atoms with E-state index in [-0.39, 0.29) is 18.5 Å². The summed E-state index contributed by atoms with van der Waals surface area (Å²) in [4.78, 5) is 11.8. The fourth-order valence-electron chi connectivity index (χ4n) is 3.90. The molecule has 4 nitrogen and oxygen atoms in total. The highest BCUT2D eigenvalue weighted by molar-refractivity contribution is 5.68. The van der Waals surface area contributed by atoms with E-state index in [1.807, 2.05) is 20.8 Å². The largest absolute Gasteiger partial charge is 0.444 e. The summed E-state index contributed by atoms with van der Waals surface area (Å²) in [6.07, 6.45) is 0.900. The zero-order valence-electron chi connectivity index (χ0n) is 15.4. The lowest BCUT2D eigenvalue weighted by Gasteiger charge is -2.38. The first-order valence-corrected chi connectivity index (χ1v) is 9.37. The molecule has 0 bridgehead atoms. The number of halogens is 3. The first-order chi connectivity index (χ1) is 11.5. The van der Waals surface area contributed by atoms with Crippen molar-refractivity contribution in [1.29, 1.82) is 0 Å². The van der Waals surface area contributed by atoms with E-state index >= 15 is 0 Å². The Labute approximate surface area is 148 Å². The van der Waals surface area contributed by atoms with E-state index in [1.165, 1.54) is 0 Å². The van der Waals surface area contributed by atoms with Crippen LogP contribution < -0.4 is 10.6 Å². The third-order valence-electron chi connectivity index (χ3n) is 5.08. The maximum Gasteiger partial charge on any atom is 0.407 e. The summed E-state index contributed by atoms with van der Waals surface area (Å²) < 4.78 is 44.8. The van der Waals surface area contributed by atoms with Gasteiger partial charge in [0.05, 0.1) is 5.92 Å². The van der Waals surface area contributed by atoms with Gasteiger partial charge in [-0.05, 0) is 59.3 Å². The molecule has 25 heavy (non-hydrogen) atoms. The van der Waals surface area contributed by atoms with E-state index < -0.39 is 29.8 Å². The maximum absolute atomic E-state index is 13.2. The Kier molecular flexibility index (Phi) is 6.62. The first kappa shape index (κ1) is 20.3. The number of ether oxygens (including phenoxy) is 1. The fourth-order valence-corrected chi connectivity index (χ4v) is 3.90. The second-order valence-corrected chi connectivity index (χ2v) is 8.40. The molecule has 2 saturated carbocycles. The van der Waals surface area contributed by atoms with Crippen molar-refractivity contribution >= 4 is 6.09 Å². The standard InChI is InChI=1S/C18H31F3N2O2/c1-17(2,3)25-16(24)23-13-10-8-12(9-11-13)22-15-7-5-4-6-14(15)18(19,20)21/h12-15,22H,4-11H2,1-3H3,(H,23,24). The molecular weight excluding hydrogens is 333 g/mol. The molecule has 7 heteroatoms. The summed E-state index contributed by atoms with van der Waals surface area (Å²) in [5.41, 5.74) is -0.531. The minimum atomic E-state index is -4.12. The van der Waals surface area contributed by atoms with E-state index in [1.54, 1.807) is 0 Å². The van der Waals surface area contributed by atoms with Crippen LogP contribution in [0.4, 0.5) is 18.0 Å². The molecule has 146 valence electrons. The Bertz CT molecular complexity index is 441. The van der Waals surface area contributed by atoms with Crippen LogP contribution in [0.15, 0.2) is 0 Å². The number of rotatable bonds is 3. The third kappa shape index (κ3) is 6.68. The van der Waals surface area contributed by atoms with Gasteiger partial charge >= 0.3 is 12.3 Å². The smallest absolute Gasteiger partial charge is 0.407 e. The fraction of sp³-hybridized carbons (Fsp3) is 0.944. The van der Waals surface area contributed by atoms with E-state index in [2.05, 4.69) is 10.6 Å². The molecule has 0 spiro atoms. The van der Waals surface area contributed by atoms with Crippen LogP contribution in [0.2, 0.25) is 0 Å². The number of amides is 1. The number of hydrogen-bond donors (Lipinski definition) is 2. The molecule has 2 atom stereocenters. The highest BCUT2D eigenvalue weighted by Crippen LogP contribution is 2.38. The van der Waals surface area contributed by atoms with Crippen molar-refractivity contribution in [2.75, 3.05) is 0 Å². The molecule has 2 fully saturated rings. The Hall–Kier alpha value is -0.980. The molecule has 2 aliphatic carbocycles. The van der Waals surface area contributed by atoms with Crippen LogP contribution in [0.25, 0.3) is 0 Å². The van der Waals surface area contributed by atoms with Gasteiger partial charge in [-0.25, -0.2) is 4.79 Å². The summed E-state index contributed by atoms with van der Waals surface area (Å²) in [6.45, 7) is 5.44. The van der Waals surface area contributed by atoms with Crippen molar-refractivity contribution < 1.29 is 22.7 Å². The van der Waals surface area contributed by atoms with E-state index in [4.69, 9.17) is 4.74 Å². The number of carbonyl (C=O) groups is 1. The third-order valence-corrected chi connectivity index (χ3v) is 5.08. The normalized spacial score (nSPS) is 31.4. The molecular formula is C18H31F3N2O2. The van der Waals surface area contributed by atoms with Crippen LogP contribution in [0.1, 0.15) is 72.1 Å². The van der Waals surface area contributed by atoms with Crippen LogP contribution in [-0.2, 0) is 4.74 Å². The van der Waals surface area contributed by atoms with Crippen molar-refractivity contribution in [3.05, 3.63) is 0 Å². The van der Waals surface area contributed by atoms with Gasteiger partial charge in [-0.3, -0.25) is 0 Å². The number of alkyl carbamates (subject to hydrolysis) is 1. The first-order valence-electron chi connectivity index (χ1n) is 9.37. The van der Waals surface area contributed by atoms with Crippen molar-refractivity contribution in [2.24, 2.45) is 5.92 Å². The molecule has 0 aromatic carbocycles. The molecule has 2 unspecified atom stereocenters. The van der Waals surface area contributed by atoms with Gasteiger partial charge in [0.2, 0.25) is 0 Å². The van der Waals surface area contributed by atoms with Gasteiger partial charge in [0.1, 0.15) is 5.60 Å². The molecule has 2 aliphatic rings. The minimum absolute atomic E-state index is 0.0395. The van der Waals surface area contributed by atoms with Gasteiger partial charge < -0.3 is 15.4 Å². The number of hydrogen-bond acceptors (Lipinski definition) is 3. The topological polar surface area (TPSA) is 50.4 Å². The lowest BCUT2D eigenvalue weighted by molar-refractivity contribution is -0.189. The summed E-state index contributed by atoms with van der Waals surface area (Å²) in [7, 11) is 0. The molecule has 2 rings (SSSR count). The molecule has 0 aromatic heterocycles. The van der Waals surface area contributed by atoms with Crippen LogP contribution in [-0.4, -0.2) is 36.0 Å². The Balaban J connectivity index is 1.77. The van der Waals surface area contributed by atoms with Gasteiger partial charge in [0.15, 0.2) is 0 Å². The van der Waals surface area contributed by atoms with Gasteiger partial charge in [-0.15, -0.1) is 0 Å². The molecule has 0 aromatic rings. The molecule has 0 aliphatic heterocycles. The SMILES string of the molecule is CC(C)(C)OC(=O)NC1CCC(NC2CCCCC2C(F)(F)F)CC1. The zero-order chi connectivity index (χ0) is 18.7. The lowest BCUT2D eigenvalue weighted by Crippen LogP contribution is -2.51. The van der Waals surface area contributed by atoms with Crippen LogP contribution in [0, 0.1) is 5.92 Å². The van der Waals surface area contributed by atoms with Crippen molar-refractivity contribution in [3.8, 4) is 0 Å². The number of carbonyl (C=O) groups excluding carboxylic acids is 1. The molecule has 0 radical (unpaired) electrons. The zero-order valence-corrected chi connectivity index (χ0v) is 15.4. The average molecular weight is 364 g/mol. The van der Waals surface area contributed by atoms with E-state index in [9.17, 15) is 18.0 Å². The molecule has 0 heterocycles. The molecule has 1 amide bonds. The van der Waals surface area contributed by atoms with Crippen LogP contribution in [0.3, 0.4) is 0 Å². The van der Waals surface area contributed by atoms with Crippen LogP contribution in [0.5, 0.6) is 0 Å². The number of alkyl halides is 3. The highest BCUT2D eigenvalue weighted by Gasteiger charge is 2.46. The Morgan fingerprint density at radius 3 is 2.04 bits per heavy atom. The van der Waals surface area contributed by atoms with Gasteiger partial charge in [0, 0.05) is 18.1 Å². The van der Waals surface area contributed by atoms with Crippen molar-refractivity contribution in [1.82, 2.24) is 10.6 Å². The summed E-state index contributed by atoms with van der Waals surface area (Å²) >= 11 is 0. The van der Waals surface area contributed by atoms with Crippen LogP contribution >= 0.6 is 0 Å². The summed E-state index contributed by atoms with van der Waals surface area (Å²) in [6, 6.07) is -0.323. The second kappa shape index (κ2) is 8.14. The predicted octanol–water partition coefficient (Wildman–Crippen LogP) is 4.53. The summed E-state index contributed by atoms with van der Waals surface area (Å²) in [5.74, 6) is -1.22. The van der Waals surface area contributed by atoms with Gasteiger partial charge in [0.25, 0.3) is 0 Å². The predicted molar refractivity (Wildman–Crippen MR) is 90.4 cm³/mol. The monoisotopic (exact) mass is 364 g/mol. The molecule has 0 saturated heterocycles. The molecule has 2 N–H and O–H groups in total. The van der Waals surface area contributed by atoms with Crippen molar-refractivity contribution in [3.63, 3.8) is 0 Å². The Morgan fingerprint density at radius 2 is 1.48 bits per heavy atom. The lowest BCUT2D eigenvalue weighted by atomic mass is 9.82. The van der Waals surface area contributed by atoms with E-state index in [0.717, 1.165) is 32.1 Å². The van der Waals surface area contributed by atoms with Gasteiger partial charge in [-0.1, -0.05) is 12.8 Å². The summed E-state index contributed by atoms with van der Waals surface area (Å²) in [5, 5.41) is 6.13. The Morgan fingerprint density at radius 1 is 0.920 bits per heavy atom. The maximum atomic E-state index is 13.2. The number of nitrogens with one attached hydrogen (secondary N) is 2. The highest BCUT2D eigenvalue weighted by atomic mass is 19.4. The van der Waals surface area contributed by atoms with Crippen molar-refractivity contribution in [2.45, 2.75) is 102 Å². The quantitative estimate of drug-likeness (QED) is 0.773.